The molecule has 0 radical (unpaired) electrons. The molecule has 0 aliphatic rings. The lowest BCUT2D eigenvalue weighted by Crippen LogP contribution is -2.42. The van der Waals surface area contributed by atoms with Gasteiger partial charge in [0.2, 0.25) is 0 Å². The third-order valence-corrected chi connectivity index (χ3v) is 4.22. The maximum Gasteiger partial charge on any atom is 0.319 e. The summed E-state index contributed by atoms with van der Waals surface area (Å²) < 4.78 is 0.902. The molecule has 0 fully saturated rings. The number of urea groups is 1. The van der Waals surface area contributed by atoms with Gasteiger partial charge in [0, 0.05) is 16.7 Å². The Balaban J connectivity index is 2.60. The normalized spacial score (nSPS) is 13.4. The molecule has 0 spiro atoms. The number of halogens is 1. The second-order valence-corrected chi connectivity index (χ2v) is 5.85. The Bertz CT molecular complexity index is 519. The van der Waals surface area contributed by atoms with E-state index in [-0.39, 0.29) is 6.54 Å². The molecule has 0 aromatic heterocycles. The highest BCUT2D eigenvalue weighted by Gasteiger charge is 2.31. The molecule has 0 heterocycles. The van der Waals surface area contributed by atoms with Gasteiger partial charge in [0.25, 0.3) is 0 Å². The minimum atomic E-state index is -0.953. The fraction of sp³-hybridized carbons (Fsp3) is 0.429. The minimum absolute atomic E-state index is 0.0810. The number of benzene rings is 1. The van der Waals surface area contributed by atoms with E-state index in [2.05, 4.69) is 26.6 Å². The molecule has 5 nitrogen and oxygen atoms in total. The van der Waals surface area contributed by atoms with Crippen molar-refractivity contribution in [1.29, 1.82) is 0 Å². The summed E-state index contributed by atoms with van der Waals surface area (Å²) in [6, 6.07) is 5.05. The lowest BCUT2D eigenvalue weighted by molar-refractivity contribution is -0.147. The summed E-state index contributed by atoms with van der Waals surface area (Å²) in [4.78, 5) is 22.9. The Morgan fingerprint density at radius 2 is 2.05 bits per heavy atom. The van der Waals surface area contributed by atoms with Crippen LogP contribution in [0.15, 0.2) is 22.7 Å². The van der Waals surface area contributed by atoms with Crippen molar-refractivity contribution < 1.29 is 14.7 Å². The van der Waals surface area contributed by atoms with Crippen LogP contribution in [0.4, 0.5) is 10.5 Å². The number of aliphatic carboxylic acids is 1. The van der Waals surface area contributed by atoms with Gasteiger partial charge in [0.15, 0.2) is 0 Å². The highest BCUT2D eigenvalue weighted by Crippen LogP contribution is 2.21. The van der Waals surface area contributed by atoms with Gasteiger partial charge in [-0.25, -0.2) is 4.79 Å². The van der Waals surface area contributed by atoms with Crippen LogP contribution < -0.4 is 10.6 Å². The van der Waals surface area contributed by atoms with Crippen LogP contribution >= 0.6 is 15.9 Å². The van der Waals surface area contributed by atoms with Crippen molar-refractivity contribution >= 4 is 33.6 Å². The predicted octanol–water partition coefficient (Wildman–Crippen LogP) is 3.38. The zero-order chi connectivity index (χ0) is 15.3. The molecule has 6 heteroatoms. The second-order valence-electron chi connectivity index (χ2n) is 4.99. The highest BCUT2D eigenvalue weighted by molar-refractivity contribution is 9.10. The molecule has 1 rings (SSSR count). The summed E-state index contributed by atoms with van der Waals surface area (Å²) in [6.45, 7) is 5.42. The Hall–Kier alpha value is -1.56. The van der Waals surface area contributed by atoms with Gasteiger partial charge in [-0.15, -0.1) is 0 Å². The summed E-state index contributed by atoms with van der Waals surface area (Å²) in [7, 11) is 0. The van der Waals surface area contributed by atoms with Crippen molar-refractivity contribution in [3.8, 4) is 0 Å². The average Bonchev–Trinajstić information content (AvgIpc) is 2.40. The smallest absolute Gasteiger partial charge is 0.319 e. The van der Waals surface area contributed by atoms with Crippen LogP contribution in [0.2, 0.25) is 0 Å². The zero-order valence-corrected chi connectivity index (χ0v) is 13.4. The number of hydrogen-bond acceptors (Lipinski definition) is 2. The van der Waals surface area contributed by atoms with Crippen LogP contribution in [-0.4, -0.2) is 23.7 Å². The Morgan fingerprint density at radius 1 is 1.40 bits per heavy atom. The molecule has 0 aliphatic carbocycles. The largest absolute Gasteiger partial charge is 0.481 e. The standard InChI is InChI=1S/C14H19BrN2O3/c1-4-14(3,12(18)19)8-16-13(20)17-10-6-5-9(2)11(15)7-10/h5-7H,4,8H2,1-3H3,(H,18,19)(H2,16,17,20). The monoisotopic (exact) mass is 342 g/mol. The van der Waals surface area contributed by atoms with Crippen molar-refractivity contribution in [3.63, 3.8) is 0 Å². The topological polar surface area (TPSA) is 78.4 Å². The molecule has 3 N–H and O–H groups in total. The number of rotatable bonds is 5. The molecule has 1 aromatic rings. The predicted molar refractivity (Wildman–Crippen MR) is 81.9 cm³/mol. The molecule has 2 amide bonds. The summed E-state index contributed by atoms with van der Waals surface area (Å²) in [5, 5.41) is 14.4. The average molecular weight is 343 g/mol. The second kappa shape index (κ2) is 6.74. The molecule has 1 aromatic carbocycles. The van der Waals surface area contributed by atoms with Crippen molar-refractivity contribution in [2.24, 2.45) is 5.41 Å². The molecule has 20 heavy (non-hydrogen) atoms. The lowest BCUT2D eigenvalue weighted by atomic mass is 9.88. The third-order valence-electron chi connectivity index (χ3n) is 3.37. The van der Waals surface area contributed by atoms with Crippen molar-refractivity contribution in [3.05, 3.63) is 28.2 Å². The van der Waals surface area contributed by atoms with Crippen LogP contribution in [0, 0.1) is 12.3 Å². The molecule has 0 saturated carbocycles. The Labute approximate surface area is 126 Å². The summed E-state index contributed by atoms with van der Waals surface area (Å²) in [5.74, 6) is -0.918. The van der Waals surface area contributed by atoms with E-state index in [1.165, 1.54) is 0 Å². The van der Waals surface area contributed by atoms with E-state index >= 15 is 0 Å². The van der Waals surface area contributed by atoms with Crippen LogP contribution in [0.1, 0.15) is 25.8 Å². The molecular formula is C14H19BrN2O3. The first kappa shape index (κ1) is 16.5. The number of nitrogens with one attached hydrogen (secondary N) is 2. The molecule has 0 saturated heterocycles. The van der Waals surface area contributed by atoms with Gasteiger partial charge in [-0.1, -0.05) is 28.9 Å². The number of aryl methyl sites for hydroxylation is 1. The number of carboxylic acid groups (broad SMARTS) is 1. The van der Waals surface area contributed by atoms with Gasteiger partial charge < -0.3 is 15.7 Å². The van der Waals surface area contributed by atoms with E-state index in [1.807, 2.05) is 13.0 Å². The van der Waals surface area contributed by atoms with Gasteiger partial charge in [-0.05, 0) is 38.0 Å². The van der Waals surface area contributed by atoms with Gasteiger partial charge >= 0.3 is 12.0 Å². The molecule has 0 aliphatic heterocycles. The van der Waals surface area contributed by atoms with Crippen LogP contribution in [-0.2, 0) is 4.79 Å². The zero-order valence-electron chi connectivity index (χ0n) is 11.8. The van der Waals surface area contributed by atoms with Crippen molar-refractivity contribution in [2.75, 3.05) is 11.9 Å². The van der Waals surface area contributed by atoms with Gasteiger partial charge in [-0.3, -0.25) is 4.79 Å². The summed E-state index contributed by atoms with van der Waals surface area (Å²) >= 11 is 3.39. The molecule has 1 atom stereocenters. The number of carboxylic acids is 1. The van der Waals surface area contributed by atoms with Crippen LogP contribution in [0.25, 0.3) is 0 Å². The van der Waals surface area contributed by atoms with Gasteiger partial charge in [0.1, 0.15) is 0 Å². The van der Waals surface area contributed by atoms with Crippen molar-refractivity contribution in [2.45, 2.75) is 27.2 Å². The first-order valence-electron chi connectivity index (χ1n) is 6.33. The third kappa shape index (κ3) is 4.23. The van der Waals surface area contributed by atoms with Crippen molar-refractivity contribution in [1.82, 2.24) is 5.32 Å². The highest BCUT2D eigenvalue weighted by atomic mass is 79.9. The van der Waals surface area contributed by atoms with E-state index in [0.717, 1.165) is 10.0 Å². The molecule has 1 unspecified atom stereocenters. The van der Waals surface area contributed by atoms with Crippen LogP contribution in [0.5, 0.6) is 0 Å². The Kier molecular flexibility index (Phi) is 5.56. The number of hydrogen-bond donors (Lipinski definition) is 3. The summed E-state index contributed by atoms with van der Waals surface area (Å²) in [5.41, 5.74) is 0.763. The fourth-order valence-electron chi connectivity index (χ4n) is 1.47. The molecular weight excluding hydrogens is 324 g/mol. The van der Waals surface area contributed by atoms with E-state index in [0.29, 0.717) is 12.1 Å². The van der Waals surface area contributed by atoms with Crippen LogP contribution in [0.3, 0.4) is 0 Å². The van der Waals surface area contributed by atoms with E-state index in [1.54, 1.807) is 26.0 Å². The van der Waals surface area contributed by atoms with Gasteiger partial charge in [0.05, 0.1) is 5.41 Å². The van der Waals surface area contributed by atoms with E-state index in [9.17, 15) is 9.59 Å². The molecule has 0 bridgehead atoms. The van der Waals surface area contributed by atoms with E-state index < -0.39 is 17.4 Å². The number of carbonyl (C=O) groups excluding carboxylic acids is 1. The number of carbonyl (C=O) groups is 2. The van der Waals surface area contributed by atoms with Gasteiger partial charge in [-0.2, -0.15) is 0 Å². The van der Waals surface area contributed by atoms with E-state index in [4.69, 9.17) is 5.11 Å². The maximum absolute atomic E-state index is 11.8. The SMILES string of the molecule is CCC(C)(CNC(=O)Nc1ccc(C)c(Br)c1)C(=O)O. The first-order valence-corrected chi connectivity index (χ1v) is 7.12. The summed E-state index contributed by atoms with van der Waals surface area (Å²) in [6.07, 6.45) is 0.443. The fourth-order valence-corrected chi connectivity index (χ4v) is 1.85. The Morgan fingerprint density at radius 3 is 2.55 bits per heavy atom. The quantitative estimate of drug-likeness (QED) is 0.767. The minimum Gasteiger partial charge on any atom is -0.481 e. The lowest BCUT2D eigenvalue weighted by Gasteiger charge is -2.23. The number of anilines is 1. The first-order chi connectivity index (χ1) is 9.28. The number of amides is 2. The maximum atomic E-state index is 11.8. The molecule has 110 valence electrons.